The quantitative estimate of drug-likeness (QED) is 0.725. The fraction of sp³-hybridized carbons (Fsp3) is 0.154. The smallest absolute Gasteiger partial charge is 0.0651 e. The Kier molecular flexibility index (Phi) is 4.35. The highest BCUT2D eigenvalue weighted by Gasteiger charge is 1.94. The number of hydrogen-bond acceptors (Lipinski definition) is 1. The zero-order valence-electron chi connectivity index (χ0n) is 9.22. The minimum absolute atomic E-state index is 1.06. The zero-order valence-corrected chi connectivity index (χ0v) is 9.22. The van der Waals surface area contributed by atoms with E-state index in [1.54, 1.807) is 6.20 Å². The molecule has 0 amide bonds. The molecule has 2 rings (SSSR count). The normalized spacial score (nSPS) is 8.93. The van der Waals surface area contributed by atoms with E-state index in [1.165, 1.54) is 0 Å². The molecule has 0 unspecified atom stereocenters. The lowest BCUT2D eigenvalue weighted by Crippen LogP contribution is -1.93. The topological polar surface area (TPSA) is 17.8 Å². The van der Waals surface area contributed by atoms with Crippen molar-refractivity contribution in [2.45, 2.75) is 13.8 Å². The van der Waals surface area contributed by atoms with Crippen LogP contribution in [0.3, 0.4) is 0 Å². The van der Waals surface area contributed by atoms with Crippen LogP contribution in [-0.4, -0.2) is 9.78 Å². The standard InChI is InChI=1S/C11H10N2.C2H6/c1-2-10-5-3-6-11(9-10)13-8-4-7-12-13;1-2/h2-9H,1H2;1-2H3. The van der Waals surface area contributed by atoms with Gasteiger partial charge in [-0.05, 0) is 23.8 Å². The van der Waals surface area contributed by atoms with Crippen molar-refractivity contribution in [3.05, 3.63) is 54.9 Å². The predicted molar refractivity (Wildman–Crippen MR) is 65.0 cm³/mol. The van der Waals surface area contributed by atoms with Gasteiger partial charge in [-0.15, -0.1) is 0 Å². The molecule has 0 radical (unpaired) electrons. The first-order valence-corrected chi connectivity index (χ1v) is 5.12. The molecule has 0 saturated heterocycles. The summed E-state index contributed by atoms with van der Waals surface area (Å²) in [5.74, 6) is 0. The van der Waals surface area contributed by atoms with Crippen molar-refractivity contribution in [2.75, 3.05) is 0 Å². The van der Waals surface area contributed by atoms with Crippen molar-refractivity contribution in [3.8, 4) is 5.69 Å². The monoisotopic (exact) mass is 200 g/mol. The van der Waals surface area contributed by atoms with Crippen LogP contribution in [0.15, 0.2) is 49.3 Å². The van der Waals surface area contributed by atoms with Crippen LogP contribution < -0.4 is 0 Å². The first kappa shape index (κ1) is 11.2. The molecule has 2 aromatic rings. The minimum atomic E-state index is 1.06. The highest BCUT2D eigenvalue weighted by molar-refractivity contribution is 5.51. The molecule has 0 N–H and O–H groups in total. The largest absolute Gasteiger partial charge is 0.241 e. The second-order valence-electron chi connectivity index (χ2n) is 2.75. The van der Waals surface area contributed by atoms with Gasteiger partial charge in [0.1, 0.15) is 0 Å². The van der Waals surface area contributed by atoms with Crippen molar-refractivity contribution in [1.82, 2.24) is 9.78 Å². The molecule has 15 heavy (non-hydrogen) atoms. The van der Waals surface area contributed by atoms with Gasteiger partial charge in [-0.2, -0.15) is 5.10 Å². The van der Waals surface area contributed by atoms with Crippen LogP contribution >= 0.6 is 0 Å². The summed E-state index contributed by atoms with van der Waals surface area (Å²) in [5, 5.41) is 4.14. The zero-order chi connectivity index (χ0) is 11.1. The molecule has 2 heteroatoms. The van der Waals surface area contributed by atoms with Gasteiger partial charge >= 0.3 is 0 Å². The summed E-state index contributed by atoms with van der Waals surface area (Å²) in [6, 6.07) is 9.97. The molecule has 0 aliphatic carbocycles. The molecule has 0 spiro atoms. The van der Waals surface area contributed by atoms with Gasteiger partial charge in [0.05, 0.1) is 5.69 Å². The van der Waals surface area contributed by atoms with Crippen molar-refractivity contribution in [3.63, 3.8) is 0 Å². The minimum Gasteiger partial charge on any atom is -0.241 e. The number of benzene rings is 1. The fourth-order valence-corrected chi connectivity index (χ4v) is 1.22. The summed E-state index contributed by atoms with van der Waals surface area (Å²) in [6.07, 6.45) is 5.51. The van der Waals surface area contributed by atoms with E-state index in [9.17, 15) is 0 Å². The summed E-state index contributed by atoms with van der Waals surface area (Å²) in [5.41, 5.74) is 2.16. The van der Waals surface area contributed by atoms with Crippen molar-refractivity contribution in [1.29, 1.82) is 0 Å². The molecule has 1 heterocycles. The van der Waals surface area contributed by atoms with Crippen LogP contribution in [-0.2, 0) is 0 Å². The number of aromatic nitrogens is 2. The number of hydrogen-bond donors (Lipinski definition) is 0. The summed E-state index contributed by atoms with van der Waals surface area (Å²) in [6.45, 7) is 7.72. The Morgan fingerprint density at radius 3 is 2.67 bits per heavy atom. The molecule has 2 nitrogen and oxygen atoms in total. The van der Waals surface area contributed by atoms with Crippen molar-refractivity contribution >= 4 is 6.08 Å². The second-order valence-corrected chi connectivity index (χ2v) is 2.75. The molecule has 0 fully saturated rings. The first-order chi connectivity index (χ1) is 7.40. The molecule has 0 bridgehead atoms. The second kappa shape index (κ2) is 5.81. The SMILES string of the molecule is C=Cc1cccc(-n2cccn2)c1.CC. The summed E-state index contributed by atoms with van der Waals surface area (Å²) >= 11 is 0. The predicted octanol–water partition coefficient (Wildman–Crippen LogP) is 3.54. The van der Waals surface area contributed by atoms with E-state index in [4.69, 9.17) is 0 Å². The lowest BCUT2D eigenvalue weighted by Gasteiger charge is -2.01. The Labute approximate surface area is 90.9 Å². The van der Waals surface area contributed by atoms with Crippen LogP contribution in [0.5, 0.6) is 0 Å². The first-order valence-electron chi connectivity index (χ1n) is 5.12. The van der Waals surface area contributed by atoms with Crippen LogP contribution in [0, 0.1) is 0 Å². The Bertz CT molecular complexity index is 402. The molecule has 0 aliphatic heterocycles. The molecule has 0 aliphatic rings. The highest BCUT2D eigenvalue weighted by atomic mass is 15.3. The molecule has 1 aromatic carbocycles. The van der Waals surface area contributed by atoms with Gasteiger partial charge < -0.3 is 0 Å². The van der Waals surface area contributed by atoms with Gasteiger partial charge in [0.25, 0.3) is 0 Å². The maximum atomic E-state index is 4.14. The van der Waals surface area contributed by atoms with Gasteiger partial charge in [0, 0.05) is 12.4 Å². The molecule has 0 atom stereocenters. The van der Waals surface area contributed by atoms with Gasteiger partial charge in [-0.3, -0.25) is 0 Å². The number of rotatable bonds is 2. The van der Waals surface area contributed by atoms with E-state index < -0.39 is 0 Å². The van der Waals surface area contributed by atoms with E-state index in [-0.39, 0.29) is 0 Å². The summed E-state index contributed by atoms with van der Waals surface area (Å²) < 4.78 is 1.83. The number of nitrogens with zero attached hydrogens (tertiary/aromatic N) is 2. The van der Waals surface area contributed by atoms with E-state index in [1.807, 2.05) is 61.1 Å². The summed E-state index contributed by atoms with van der Waals surface area (Å²) in [4.78, 5) is 0. The Morgan fingerprint density at radius 1 is 1.27 bits per heavy atom. The lowest BCUT2D eigenvalue weighted by atomic mass is 10.2. The Hall–Kier alpha value is -1.83. The average molecular weight is 200 g/mol. The highest BCUT2D eigenvalue weighted by Crippen LogP contribution is 2.09. The maximum Gasteiger partial charge on any atom is 0.0651 e. The van der Waals surface area contributed by atoms with Crippen LogP contribution in [0.4, 0.5) is 0 Å². The van der Waals surface area contributed by atoms with Gasteiger partial charge in [-0.1, -0.05) is 38.6 Å². The van der Waals surface area contributed by atoms with E-state index in [0.29, 0.717) is 0 Å². The van der Waals surface area contributed by atoms with Crippen molar-refractivity contribution in [2.24, 2.45) is 0 Å². The molecular formula is C13H16N2. The average Bonchev–Trinajstić information content (AvgIpc) is 2.85. The van der Waals surface area contributed by atoms with Gasteiger partial charge in [-0.25, -0.2) is 4.68 Å². The third kappa shape index (κ3) is 2.81. The van der Waals surface area contributed by atoms with Gasteiger partial charge in [0.15, 0.2) is 0 Å². The molecule has 78 valence electrons. The van der Waals surface area contributed by atoms with E-state index in [0.717, 1.165) is 11.3 Å². The lowest BCUT2D eigenvalue weighted by molar-refractivity contribution is 0.880. The van der Waals surface area contributed by atoms with Crippen molar-refractivity contribution < 1.29 is 0 Å². The van der Waals surface area contributed by atoms with Crippen LogP contribution in [0.2, 0.25) is 0 Å². The summed E-state index contributed by atoms with van der Waals surface area (Å²) in [7, 11) is 0. The van der Waals surface area contributed by atoms with E-state index in [2.05, 4.69) is 11.7 Å². The van der Waals surface area contributed by atoms with Crippen LogP contribution in [0.1, 0.15) is 19.4 Å². The van der Waals surface area contributed by atoms with E-state index >= 15 is 0 Å². The Morgan fingerprint density at radius 2 is 2.07 bits per heavy atom. The van der Waals surface area contributed by atoms with Gasteiger partial charge in [0.2, 0.25) is 0 Å². The third-order valence-corrected chi connectivity index (χ3v) is 1.87. The molecule has 1 aromatic heterocycles. The third-order valence-electron chi connectivity index (χ3n) is 1.87. The fourth-order valence-electron chi connectivity index (χ4n) is 1.22. The maximum absolute atomic E-state index is 4.14. The molecule has 0 saturated carbocycles. The van der Waals surface area contributed by atoms with Crippen LogP contribution in [0.25, 0.3) is 11.8 Å². The Balaban J connectivity index is 0.000000531. The molecular weight excluding hydrogens is 184 g/mol.